The van der Waals surface area contributed by atoms with Crippen LogP contribution in [0.15, 0.2) is 47.8 Å². The van der Waals surface area contributed by atoms with Crippen LogP contribution in [0.5, 0.6) is 0 Å². The monoisotopic (exact) mass is 389 g/mol. The van der Waals surface area contributed by atoms with Crippen molar-refractivity contribution >= 4 is 23.3 Å². The van der Waals surface area contributed by atoms with Crippen LogP contribution in [0.3, 0.4) is 0 Å². The molecule has 2 rings (SSSR count). The highest BCUT2D eigenvalue weighted by atomic mass is 32.1. The smallest absolute Gasteiger partial charge is 0.320 e. The number of hydrogen-bond acceptors (Lipinski definition) is 4. The summed E-state index contributed by atoms with van der Waals surface area (Å²) in [6.45, 7) is 1.82. The van der Waals surface area contributed by atoms with Crippen molar-refractivity contribution < 1.29 is 14.3 Å². The third kappa shape index (κ3) is 6.69. The zero-order valence-electron chi connectivity index (χ0n) is 16.1. The van der Waals surface area contributed by atoms with E-state index < -0.39 is 0 Å². The van der Waals surface area contributed by atoms with E-state index in [2.05, 4.69) is 0 Å². The molecule has 0 aliphatic carbocycles. The first kappa shape index (κ1) is 20.9. The number of carbonyl (C=O) groups is 2. The molecule has 146 valence electrons. The molecule has 2 aromatic rings. The van der Waals surface area contributed by atoms with Gasteiger partial charge in [-0.2, -0.15) is 0 Å². The first-order valence-corrected chi connectivity index (χ1v) is 9.68. The van der Waals surface area contributed by atoms with Crippen molar-refractivity contribution in [3.63, 3.8) is 0 Å². The van der Waals surface area contributed by atoms with Crippen LogP contribution in [0, 0.1) is 0 Å². The van der Waals surface area contributed by atoms with Gasteiger partial charge in [-0.1, -0.05) is 36.4 Å². The van der Waals surface area contributed by atoms with E-state index in [0.29, 0.717) is 26.2 Å². The Hall–Kier alpha value is -2.38. The van der Waals surface area contributed by atoms with E-state index in [-0.39, 0.29) is 18.5 Å². The number of rotatable bonds is 9. The SMILES string of the molecule is COCCN(CC(=O)N(Cc1ccccc1)Cc1cccs1)C(=O)N(C)C. The third-order valence-electron chi connectivity index (χ3n) is 4.04. The minimum absolute atomic E-state index is 0.0264. The molecular formula is C20H27N3O3S. The molecule has 27 heavy (non-hydrogen) atoms. The Kier molecular flexibility index (Phi) is 8.29. The number of methoxy groups -OCH3 is 1. The summed E-state index contributed by atoms with van der Waals surface area (Å²) in [5, 5.41) is 2.00. The fraction of sp³-hybridized carbons (Fsp3) is 0.400. The Morgan fingerprint density at radius 2 is 1.74 bits per heavy atom. The molecular weight excluding hydrogens is 362 g/mol. The number of benzene rings is 1. The van der Waals surface area contributed by atoms with Crippen LogP contribution in [0.4, 0.5) is 4.79 Å². The lowest BCUT2D eigenvalue weighted by atomic mass is 10.2. The highest BCUT2D eigenvalue weighted by Crippen LogP contribution is 2.15. The quantitative estimate of drug-likeness (QED) is 0.663. The van der Waals surface area contributed by atoms with Gasteiger partial charge in [-0.15, -0.1) is 11.3 Å². The molecule has 0 aliphatic heterocycles. The highest BCUT2D eigenvalue weighted by Gasteiger charge is 2.23. The predicted octanol–water partition coefficient (Wildman–Crippen LogP) is 2.91. The molecule has 6 nitrogen and oxygen atoms in total. The minimum Gasteiger partial charge on any atom is -0.383 e. The molecule has 0 saturated carbocycles. The van der Waals surface area contributed by atoms with Gasteiger partial charge in [-0.25, -0.2) is 4.79 Å². The van der Waals surface area contributed by atoms with Crippen LogP contribution in [0.1, 0.15) is 10.4 Å². The Morgan fingerprint density at radius 1 is 1.00 bits per heavy atom. The fourth-order valence-corrected chi connectivity index (χ4v) is 3.34. The van der Waals surface area contributed by atoms with E-state index >= 15 is 0 Å². The molecule has 0 saturated heterocycles. The van der Waals surface area contributed by atoms with Crippen molar-refractivity contribution in [2.45, 2.75) is 13.1 Å². The molecule has 0 spiro atoms. The van der Waals surface area contributed by atoms with Crippen molar-refractivity contribution in [2.24, 2.45) is 0 Å². The first-order valence-electron chi connectivity index (χ1n) is 8.80. The average Bonchev–Trinajstić information content (AvgIpc) is 3.17. The lowest BCUT2D eigenvalue weighted by Crippen LogP contribution is -2.47. The standard InChI is InChI=1S/C20H27N3O3S/c1-21(2)20(25)22(11-12-26-3)16-19(24)23(15-18-10-7-13-27-18)14-17-8-5-4-6-9-17/h4-10,13H,11-12,14-16H2,1-3H3. The fourth-order valence-electron chi connectivity index (χ4n) is 2.62. The molecule has 0 unspecified atom stereocenters. The average molecular weight is 390 g/mol. The molecule has 0 aliphatic rings. The van der Waals surface area contributed by atoms with Crippen LogP contribution >= 0.6 is 11.3 Å². The second kappa shape index (κ2) is 10.7. The molecule has 0 fully saturated rings. The van der Waals surface area contributed by atoms with Gasteiger partial charge in [0.2, 0.25) is 5.91 Å². The second-order valence-corrected chi connectivity index (χ2v) is 7.44. The summed E-state index contributed by atoms with van der Waals surface area (Å²) in [6.07, 6.45) is 0. The van der Waals surface area contributed by atoms with Crippen LogP contribution in [0.2, 0.25) is 0 Å². The van der Waals surface area contributed by atoms with Gasteiger partial charge in [0.25, 0.3) is 0 Å². The normalized spacial score (nSPS) is 10.5. The van der Waals surface area contributed by atoms with Crippen LogP contribution < -0.4 is 0 Å². The molecule has 3 amide bonds. The number of carbonyl (C=O) groups excluding carboxylic acids is 2. The maximum atomic E-state index is 13.1. The van der Waals surface area contributed by atoms with Gasteiger partial charge in [0.1, 0.15) is 6.54 Å². The summed E-state index contributed by atoms with van der Waals surface area (Å²) in [6, 6.07) is 13.7. The number of urea groups is 1. The summed E-state index contributed by atoms with van der Waals surface area (Å²) >= 11 is 1.62. The molecule has 0 N–H and O–H groups in total. The molecule has 0 bridgehead atoms. The number of nitrogens with zero attached hydrogens (tertiary/aromatic N) is 3. The lowest BCUT2D eigenvalue weighted by Gasteiger charge is -2.29. The van der Waals surface area contributed by atoms with E-state index in [1.54, 1.807) is 37.4 Å². The van der Waals surface area contributed by atoms with E-state index in [4.69, 9.17) is 4.74 Å². The van der Waals surface area contributed by atoms with Gasteiger partial charge in [0.15, 0.2) is 0 Å². The molecule has 0 atom stereocenters. The van der Waals surface area contributed by atoms with Gasteiger partial charge in [-0.05, 0) is 17.0 Å². The van der Waals surface area contributed by atoms with E-state index in [9.17, 15) is 9.59 Å². The Labute approximate surface area is 164 Å². The van der Waals surface area contributed by atoms with Gasteiger partial charge < -0.3 is 19.4 Å². The third-order valence-corrected chi connectivity index (χ3v) is 4.90. The molecule has 1 aromatic carbocycles. The van der Waals surface area contributed by atoms with Gasteiger partial charge >= 0.3 is 6.03 Å². The maximum absolute atomic E-state index is 13.1. The van der Waals surface area contributed by atoms with E-state index in [1.807, 2.05) is 47.8 Å². The summed E-state index contributed by atoms with van der Waals surface area (Å²) in [5.74, 6) is -0.0847. The van der Waals surface area contributed by atoms with Crippen molar-refractivity contribution in [1.82, 2.24) is 14.7 Å². The summed E-state index contributed by atoms with van der Waals surface area (Å²) in [4.78, 5) is 31.4. The maximum Gasteiger partial charge on any atom is 0.320 e. The Morgan fingerprint density at radius 3 is 2.33 bits per heavy atom. The van der Waals surface area contributed by atoms with Gasteiger partial charge in [0.05, 0.1) is 13.2 Å². The number of ether oxygens (including phenoxy) is 1. The lowest BCUT2D eigenvalue weighted by molar-refractivity contribution is -0.133. The molecule has 0 radical (unpaired) electrons. The van der Waals surface area contributed by atoms with E-state index in [1.165, 1.54) is 9.80 Å². The zero-order chi connectivity index (χ0) is 19.6. The predicted molar refractivity (Wildman–Crippen MR) is 108 cm³/mol. The number of hydrogen-bond donors (Lipinski definition) is 0. The topological polar surface area (TPSA) is 53.1 Å². The van der Waals surface area contributed by atoms with Crippen LogP contribution in [-0.4, -0.2) is 67.5 Å². The van der Waals surface area contributed by atoms with Crippen LogP contribution in [-0.2, 0) is 22.6 Å². The van der Waals surface area contributed by atoms with Crippen molar-refractivity contribution in [3.05, 3.63) is 58.3 Å². The Bertz CT molecular complexity index is 705. The van der Waals surface area contributed by atoms with Gasteiger partial charge in [0, 0.05) is 39.2 Å². The number of amides is 3. The van der Waals surface area contributed by atoms with Crippen molar-refractivity contribution in [3.8, 4) is 0 Å². The second-order valence-electron chi connectivity index (χ2n) is 6.41. The molecule has 1 aromatic heterocycles. The minimum atomic E-state index is -0.198. The van der Waals surface area contributed by atoms with Crippen molar-refractivity contribution in [2.75, 3.05) is 40.9 Å². The summed E-state index contributed by atoms with van der Waals surface area (Å²) in [7, 11) is 4.94. The molecule has 1 heterocycles. The highest BCUT2D eigenvalue weighted by molar-refractivity contribution is 7.09. The summed E-state index contributed by atoms with van der Waals surface area (Å²) in [5.41, 5.74) is 1.06. The van der Waals surface area contributed by atoms with E-state index in [0.717, 1.165) is 10.4 Å². The summed E-state index contributed by atoms with van der Waals surface area (Å²) < 4.78 is 5.09. The largest absolute Gasteiger partial charge is 0.383 e. The van der Waals surface area contributed by atoms with Crippen LogP contribution in [0.25, 0.3) is 0 Å². The van der Waals surface area contributed by atoms with Gasteiger partial charge in [-0.3, -0.25) is 4.79 Å². The molecule has 7 heteroatoms. The Balaban J connectivity index is 2.13. The van der Waals surface area contributed by atoms with Crippen molar-refractivity contribution in [1.29, 1.82) is 0 Å². The zero-order valence-corrected chi connectivity index (χ0v) is 16.9. The number of thiophene rings is 1. The first-order chi connectivity index (χ1) is 13.0.